The van der Waals surface area contributed by atoms with Crippen LogP contribution in [0.25, 0.3) is 0 Å². The zero-order valence-corrected chi connectivity index (χ0v) is 16.4. The highest BCUT2D eigenvalue weighted by Crippen LogP contribution is 2.44. The van der Waals surface area contributed by atoms with Crippen molar-refractivity contribution in [3.8, 4) is 5.75 Å². The first kappa shape index (κ1) is 18.3. The van der Waals surface area contributed by atoms with Gasteiger partial charge in [-0.15, -0.1) is 11.3 Å². The van der Waals surface area contributed by atoms with Gasteiger partial charge in [-0.2, -0.15) is 0 Å². The molecule has 2 amide bonds. The molecule has 1 aliphatic rings. The lowest BCUT2D eigenvalue weighted by Gasteiger charge is -2.39. The summed E-state index contributed by atoms with van der Waals surface area (Å²) in [4.78, 5) is 29.0. The van der Waals surface area contributed by atoms with Gasteiger partial charge < -0.3 is 15.0 Å². The van der Waals surface area contributed by atoms with Gasteiger partial charge in [-0.05, 0) is 35.2 Å². The molecule has 0 saturated heterocycles. The highest BCUT2D eigenvalue weighted by molar-refractivity contribution is 7.10. The number of methoxy groups -OCH3 is 1. The predicted octanol–water partition coefficient (Wildman–Crippen LogP) is 4.31. The Kier molecular flexibility index (Phi) is 4.88. The molecule has 0 spiro atoms. The van der Waals surface area contributed by atoms with Crippen LogP contribution in [0.5, 0.6) is 5.75 Å². The standard InChI is InChI=1S/C22H20N2O3S/c1-24-20(18-12-7-13-28-18)19(14-8-3-4-9-15(14)22(24)26)21(25)23-16-10-5-6-11-17(16)27-2/h3-13,19-20H,1-2H3,(H,23,25)/t19-,20-/m1/s1. The van der Waals surface area contributed by atoms with Gasteiger partial charge in [-0.1, -0.05) is 36.4 Å². The first-order valence-electron chi connectivity index (χ1n) is 8.95. The van der Waals surface area contributed by atoms with Crippen molar-refractivity contribution in [1.29, 1.82) is 0 Å². The summed E-state index contributed by atoms with van der Waals surface area (Å²) in [5.74, 6) is -0.176. The molecule has 2 aromatic carbocycles. The smallest absolute Gasteiger partial charge is 0.254 e. The summed E-state index contributed by atoms with van der Waals surface area (Å²) in [5.41, 5.74) is 1.92. The van der Waals surface area contributed by atoms with Gasteiger partial charge in [0, 0.05) is 17.5 Å². The number of anilines is 1. The molecule has 0 fully saturated rings. The van der Waals surface area contributed by atoms with Gasteiger partial charge >= 0.3 is 0 Å². The number of benzene rings is 2. The third-order valence-electron chi connectivity index (χ3n) is 5.06. The second-order valence-electron chi connectivity index (χ2n) is 6.63. The number of ether oxygens (including phenoxy) is 1. The van der Waals surface area contributed by atoms with Gasteiger partial charge in [0.25, 0.3) is 5.91 Å². The van der Waals surface area contributed by atoms with E-state index in [-0.39, 0.29) is 17.9 Å². The molecule has 28 heavy (non-hydrogen) atoms. The van der Waals surface area contributed by atoms with Gasteiger partial charge in [-0.3, -0.25) is 9.59 Å². The lowest BCUT2D eigenvalue weighted by molar-refractivity contribution is -0.119. The number of carbonyl (C=O) groups excluding carboxylic acids is 2. The van der Waals surface area contributed by atoms with Crippen LogP contribution in [0.3, 0.4) is 0 Å². The highest BCUT2D eigenvalue weighted by atomic mass is 32.1. The molecule has 1 aromatic heterocycles. The number of nitrogens with zero attached hydrogens (tertiary/aromatic N) is 1. The molecular weight excluding hydrogens is 372 g/mol. The largest absolute Gasteiger partial charge is 0.495 e. The Morgan fingerprint density at radius 2 is 1.82 bits per heavy atom. The molecule has 0 bridgehead atoms. The Bertz CT molecular complexity index is 1020. The Morgan fingerprint density at radius 1 is 1.07 bits per heavy atom. The molecule has 0 saturated carbocycles. The van der Waals surface area contributed by atoms with Gasteiger partial charge in [0.15, 0.2) is 0 Å². The number of amides is 2. The van der Waals surface area contributed by atoms with Crippen LogP contribution in [-0.4, -0.2) is 30.9 Å². The van der Waals surface area contributed by atoms with E-state index in [1.165, 1.54) is 0 Å². The van der Waals surface area contributed by atoms with E-state index < -0.39 is 5.92 Å². The van der Waals surface area contributed by atoms with Crippen LogP contribution < -0.4 is 10.1 Å². The number of para-hydroxylation sites is 2. The Labute approximate surface area is 167 Å². The zero-order valence-electron chi connectivity index (χ0n) is 15.6. The quantitative estimate of drug-likeness (QED) is 0.720. The van der Waals surface area contributed by atoms with E-state index in [2.05, 4.69) is 5.32 Å². The lowest BCUT2D eigenvalue weighted by atomic mass is 9.81. The maximum absolute atomic E-state index is 13.5. The average molecular weight is 392 g/mol. The van der Waals surface area contributed by atoms with E-state index >= 15 is 0 Å². The van der Waals surface area contributed by atoms with E-state index in [4.69, 9.17) is 4.74 Å². The number of fused-ring (bicyclic) bond motifs is 1. The van der Waals surface area contributed by atoms with Crippen molar-refractivity contribution < 1.29 is 14.3 Å². The average Bonchev–Trinajstić information content (AvgIpc) is 3.25. The van der Waals surface area contributed by atoms with E-state index in [1.807, 2.05) is 47.8 Å². The third kappa shape index (κ3) is 3.05. The zero-order chi connectivity index (χ0) is 19.7. The summed E-state index contributed by atoms with van der Waals surface area (Å²) in [6.07, 6.45) is 0. The fourth-order valence-corrected chi connectivity index (χ4v) is 4.64. The fraction of sp³-hybridized carbons (Fsp3) is 0.182. The molecule has 2 atom stereocenters. The third-order valence-corrected chi connectivity index (χ3v) is 6.00. The number of likely N-dealkylation sites (N-methyl/N-ethyl adjacent to an activating group) is 1. The van der Waals surface area contributed by atoms with Crippen molar-refractivity contribution in [3.63, 3.8) is 0 Å². The molecular formula is C22H20N2O3S. The lowest BCUT2D eigenvalue weighted by Crippen LogP contribution is -2.43. The molecule has 0 radical (unpaired) electrons. The van der Waals surface area contributed by atoms with E-state index in [9.17, 15) is 9.59 Å². The van der Waals surface area contributed by atoms with Gasteiger partial charge in [0.1, 0.15) is 5.75 Å². The van der Waals surface area contributed by atoms with E-state index in [0.29, 0.717) is 17.0 Å². The van der Waals surface area contributed by atoms with Gasteiger partial charge in [-0.25, -0.2) is 0 Å². The Morgan fingerprint density at radius 3 is 2.57 bits per heavy atom. The Balaban J connectivity index is 1.79. The van der Waals surface area contributed by atoms with Crippen LogP contribution in [0.15, 0.2) is 66.0 Å². The van der Waals surface area contributed by atoms with Gasteiger partial charge in [0.05, 0.1) is 24.8 Å². The molecule has 5 nitrogen and oxygen atoms in total. The molecule has 2 heterocycles. The van der Waals surface area contributed by atoms with Crippen molar-refractivity contribution in [1.82, 2.24) is 4.90 Å². The van der Waals surface area contributed by atoms with Crippen molar-refractivity contribution in [2.24, 2.45) is 0 Å². The first-order chi connectivity index (χ1) is 13.6. The summed E-state index contributed by atoms with van der Waals surface area (Å²) in [5, 5.41) is 4.96. The van der Waals surface area contributed by atoms with Crippen molar-refractivity contribution in [2.45, 2.75) is 12.0 Å². The molecule has 0 aliphatic carbocycles. The van der Waals surface area contributed by atoms with Crippen LogP contribution in [0.4, 0.5) is 5.69 Å². The molecule has 6 heteroatoms. The number of nitrogens with one attached hydrogen (secondary N) is 1. The van der Waals surface area contributed by atoms with Crippen LogP contribution in [0.1, 0.15) is 32.8 Å². The van der Waals surface area contributed by atoms with Crippen LogP contribution in [0, 0.1) is 0 Å². The molecule has 0 unspecified atom stereocenters. The van der Waals surface area contributed by atoms with Crippen LogP contribution in [-0.2, 0) is 4.79 Å². The minimum Gasteiger partial charge on any atom is -0.495 e. The summed E-state index contributed by atoms with van der Waals surface area (Å²) >= 11 is 1.55. The van der Waals surface area contributed by atoms with Gasteiger partial charge in [0.2, 0.25) is 5.91 Å². The number of thiophene rings is 1. The normalized spacial score (nSPS) is 18.5. The summed E-state index contributed by atoms with van der Waals surface area (Å²) in [7, 11) is 3.33. The minimum absolute atomic E-state index is 0.0738. The molecule has 1 N–H and O–H groups in total. The molecule has 3 aromatic rings. The molecule has 1 aliphatic heterocycles. The monoisotopic (exact) mass is 392 g/mol. The van der Waals surface area contributed by atoms with Crippen LogP contribution >= 0.6 is 11.3 Å². The predicted molar refractivity (Wildman–Crippen MR) is 110 cm³/mol. The number of carbonyl (C=O) groups is 2. The summed E-state index contributed by atoms with van der Waals surface area (Å²) in [6, 6.07) is 18.2. The topological polar surface area (TPSA) is 58.6 Å². The minimum atomic E-state index is -0.525. The highest BCUT2D eigenvalue weighted by Gasteiger charge is 2.43. The van der Waals surface area contributed by atoms with E-state index in [1.54, 1.807) is 48.6 Å². The van der Waals surface area contributed by atoms with Crippen molar-refractivity contribution in [3.05, 3.63) is 82.0 Å². The van der Waals surface area contributed by atoms with Crippen LogP contribution in [0.2, 0.25) is 0 Å². The summed E-state index contributed by atoms with van der Waals surface area (Å²) in [6.45, 7) is 0. The maximum Gasteiger partial charge on any atom is 0.254 e. The van der Waals surface area contributed by atoms with Crippen molar-refractivity contribution >= 4 is 28.8 Å². The fourth-order valence-electron chi connectivity index (χ4n) is 3.73. The Hall–Kier alpha value is -3.12. The molecule has 142 valence electrons. The van der Waals surface area contributed by atoms with E-state index in [0.717, 1.165) is 10.4 Å². The van der Waals surface area contributed by atoms with Crippen molar-refractivity contribution in [2.75, 3.05) is 19.5 Å². The summed E-state index contributed by atoms with van der Waals surface area (Å²) < 4.78 is 5.36. The maximum atomic E-state index is 13.5. The SMILES string of the molecule is COc1ccccc1NC(=O)[C@@H]1c2ccccc2C(=O)N(C)[C@@H]1c1cccs1. The number of hydrogen-bond acceptors (Lipinski definition) is 4. The second-order valence-corrected chi connectivity index (χ2v) is 7.61. The second kappa shape index (κ2) is 7.48. The molecule has 4 rings (SSSR count). The first-order valence-corrected chi connectivity index (χ1v) is 9.83. The number of hydrogen-bond donors (Lipinski definition) is 1. The number of rotatable bonds is 4.